The number of piperidine rings is 1. The van der Waals surface area contributed by atoms with E-state index < -0.39 is 0 Å². The highest BCUT2D eigenvalue weighted by Gasteiger charge is 2.46. The van der Waals surface area contributed by atoms with Crippen molar-refractivity contribution in [3.05, 3.63) is 35.6 Å². The fourth-order valence-electron chi connectivity index (χ4n) is 3.42. The standard InChI is InChI=1S/C15H18FNO2/c1-19-14-8-13-7-11(14)9-17(13)15(18)6-10-3-2-4-12(16)5-10/h2-5,11,13-14H,6-9H2,1H3/t11-,13+,14-/m0/s1. The first-order valence-corrected chi connectivity index (χ1v) is 6.74. The Kier molecular flexibility index (Phi) is 3.27. The topological polar surface area (TPSA) is 29.5 Å². The van der Waals surface area contributed by atoms with E-state index in [0.717, 1.165) is 24.9 Å². The van der Waals surface area contributed by atoms with Gasteiger partial charge in [-0.25, -0.2) is 4.39 Å². The largest absolute Gasteiger partial charge is 0.381 e. The van der Waals surface area contributed by atoms with Gasteiger partial charge in [0.1, 0.15) is 5.82 Å². The lowest BCUT2D eigenvalue weighted by Crippen LogP contribution is -2.42. The Morgan fingerprint density at radius 2 is 2.32 bits per heavy atom. The lowest BCUT2D eigenvalue weighted by molar-refractivity contribution is -0.133. The van der Waals surface area contributed by atoms with Crippen molar-refractivity contribution in [1.82, 2.24) is 4.90 Å². The Labute approximate surface area is 112 Å². The van der Waals surface area contributed by atoms with Crippen molar-refractivity contribution in [2.24, 2.45) is 5.92 Å². The summed E-state index contributed by atoms with van der Waals surface area (Å²) in [6.45, 7) is 0.789. The summed E-state index contributed by atoms with van der Waals surface area (Å²) in [5.41, 5.74) is 0.746. The van der Waals surface area contributed by atoms with Crippen molar-refractivity contribution in [2.75, 3.05) is 13.7 Å². The zero-order valence-electron chi connectivity index (χ0n) is 11.0. The molecule has 0 aromatic heterocycles. The molecule has 0 radical (unpaired) electrons. The van der Waals surface area contributed by atoms with E-state index in [-0.39, 0.29) is 11.7 Å². The number of nitrogens with zero attached hydrogens (tertiary/aromatic N) is 1. The Morgan fingerprint density at radius 1 is 1.47 bits per heavy atom. The molecule has 1 saturated heterocycles. The minimum atomic E-state index is -0.285. The second kappa shape index (κ2) is 4.93. The van der Waals surface area contributed by atoms with E-state index in [4.69, 9.17) is 4.74 Å². The van der Waals surface area contributed by atoms with Crippen molar-refractivity contribution >= 4 is 5.91 Å². The van der Waals surface area contributed by atoms with E-state index in [1.54, 1.807) is 19.2 Å². The second-order valence-electron chi connectivity index (χ2n) is 5.51. The molecule has 1 aliphatic carbocycles. The molecular formula is C15H18FNO2. The maximum absolute atomic E-state index is 13.1. The number of methoxy groups -OCH3 is 1. The summed E-state index contributed by atoms with van der Waals surface area (Å²) in [6, 6.07) is 6.59. The maximum atomic E-state index is 13.1. The first kappa shape index (κ1) is 12.6. The van der Waals surface area contributed by atoms with Gasteiger partial charge in [0.25, 0.3) is 0 Å². The molecule has 1 aromatic carbocycles. The summed E-state index contributed by atoms with van der Waals surface area (Å²) in [7, 11) is 1.74. The van der Waals surface area contributed by atoms with Crippen LogP contribution in [0.2, 0.25) is 0 Å². The van der Waals surface area contributed by atoms with Gasteiger partial charge in [-0.05, 0) is 30.5 Å². The van der Waals surface area contributed by atoms with Gasteiger partial charge in [-0.2, -0.15) is 0 Å². The molecule has 0 N–H and O–H groups in total. The summed E-state index contributed by atoms with van der Waals surface area (Å²) < 4.78 is 18.5. The van der Waals surface area contributed by atoms with Crippen LogP contribution < -0.4 is 0 Å². The summed E-state index contributed by atoms with van der Waals surface area (Å²) in [5, 5.41) is 0. The van der Waals surface area contributed by atoms with Gasteiger partial charge in [0.2, 0.25) is 5.91 Å². The predicted molar refractivity (Wildman–Crippen MR) is 69.1 cm³/mol. The lowest BCUT2D eigenvalue weighted by Gasteiger charge is -2.31. The van der Waals surface area contributed by atoms with E-state index in [1.807, 2.05) is 4.90 Å². The molecule has 2 fully saturated rings. The molecule has 0 spiro atoms. The molecule has 3 nitrogen and oxygen atoms in total. The van der Waals surface area contributed by atoms with E-state index >= 15 is 0 Å². The number of benzene rings is 1. The first-order valence-electron chi connectivity index (χ1n) is 6.74. The van der Waals surface area contributed by atoms with Gasteiger partial charge in [-0.1, -0.05) is 12.1 Å². The summed E-state index contributed by atoms with van der Waals surface area (Å²) >= 11 is 0. The third-order valence-corrected chi connectivity index (χ3v) is 4.34. The van der Waals surface area contributed by atoms with Crippen LogP contribution in [0.3, 0.4) is 0 Å². The van der Waals surface area contributed by atoms with Gasteiger partial charge in [0.05, 0.1) is 12.5 Å². The third kappa shape index (κ3) is 2.37. The van der Waals surface area contributed by atoms with Crippen molar-refractivity contribution in [3.63, 3.8) is 0 Å². The Hall–Kier alpha value is -1.42. The quantitative estimate of drug-likeness (QED) is 0.835. The molecule has 3 rings (SSSR count). The fourth-order valence-corrected chi connectivity index (χ4v) is 3.42. The molecule has 19 heavy (non-hydrogen) atoms. The molecule has 1 saturated carbocycles. The molecule has 4 heteroatoms. The van der Waals surface area contributed by atoms with Crippen molar-refractivity contribution < 1.29 is 13.9 Å². The number of halogens is 1. The van der Waals surface area contributed by atoms with Gasteiger partial charge < -0.3 is 9.64 Å². The molecule has 1 amide bonds. The van der Waals surface area contributed by atoms with Crippen molar-refractivity contribution in [1.29, 1.82) is 0 Å². The van der Waals surface area contributed by atoms with Crippen LogP contribution in [0, 0.1) is 11.7 Å². The molecule has 1 aromatic rings. The predicted octanol–water partition coefficient (Wildman–Crippen LogP) is 2.00. The summed E-state index contributed by atoms with van der Waals surface area (Å²) in [5.74, 6) is 0.298. The van der Waals surface area contributed by atoms with Gasteiger partial charge in [-0.3, -0.25) is 4.79 Å². The zero-order chi connectivity index (χ0) is 13.4. The summed E-state index contributed by atoms with van der Waals surface area (Å²) in [4.78, 5) is 14.2. The van der Waals surface area contributed by atoms with E-state index in [1.165, 1.54) is 12.1 Å². The molecule has 2 bridgehead atoms. The fraction of sp³-hybridized carbons (Fsp3) is 0.533. The molecule has 102 valence electrons. The smallest absolute Gasteiger partial charge is 0.227 e. The highest BCUT2D eigenvalue weighted by Crippen LogP contribution is 2.39. The number of hydrogen-bond acceptors (Lipinski definition) is 2. The zero-order valence-corrected chi connectivity index (χ0v) is 11.0. The van der Waals surface area contributed by atoms with Crippen LogP contribution in [0.5, 0.6) is 0 Å². The molecule has 3 atom stereocenters. The third-order valence-electron chi connectivity index (χ3n) is 4.34. The van der Waals surface area contributed by atoms with Crippen LogP contribution in [-0.2, 0) is 16.0 Å². The van der Waals surface area contributed by atoms with Crippen LogP contribution in [0.1, 0.15) is 18.4 Å². The number of hydrogen-bond donors (Lipinski definition) is 0. The highest BCUT2D eigenvalue weighted by molar-refractivity contribution is 5.79. The molecule has 0 unspecified atom stereocenters. The monoisotopic (exact) mass is 263 g/mol. The molecule has 1 aliphatic heterocycles. The van der Waals surface area contributed by atoms with Gasteiger partial charge in [-0.15, -0.1) is 0 Å². The first-order chi connectivity index (χ1) is 9.17. The number of carbonyl (C=O) groups excluding carboxylic acids is 1. The Morgan fingerprint density at radius 3 is 2.95 bits per heavy atom. The number of ether oxygens (including phenoxy) is 1. The number of carbonyl (C=O) groups is 1. The Balaban J connectivity index is 1.64. The van der Waals surface area contributed by atoms with Crippen LogP contribution >= 0.6 is 0 Å². The van der Waals surface area contributed by atoms with E-state index in [9.17, 15) is 9.18 Å². The van der Waals surface area contributed by atoms with E-state index in [0.29, 0.717) is 24.5 Å². The number of fused-ring (bicyclic) bond motifs is 2. The van der Waals surface area contributed by atoms with Crippen LogP contribution in [0.15, 0.2) is 24.3 Å². The van der Waals surface area contributed by atoms with Gasteiger partial charge in [0, 0.05) is 25.6 Å². The number of rotatable bonds is 3. The molecule has 2 aliphatic rings. The normalized spacial score (nSPS) is 28.9. The maximum Gasteiger partial charge on any atom is 0.227 e. The minimum Gasteiger partial charge on any atom is -0.381 e. The average Bonchev–Trinajstić information content (AvgIpc) is 2.97. The summed E-state index contributed by atoms with van der Waals surface area (Å²) in [6.07, 6.45) is 2.59. The van der Waals surface area contributed by atoms with Gasteiger partial charge >= 0.3 is 0 Å². The van der Waals surface area contributed by atoms with Crippen LogP contribution in [0.25, 0.3) is 0 Å². The van der Waals surface area contributed by atoms with Crippen LogP contribution in [-0.4, -0.2) is 36.6 Å². The Bertz CT molecular complexity index is 491. The van der Waals surface area contributed by atoms with Gasteiger partial charge in [0.15, 0.2) is 0 Å². The van der Waals surface area contributed by atoms with Crippen molar-refractivity contribution in [3.8, 4) is 0 Å². The SMILES string of the molecule is CO[C@H]1C[C@H]2C[C@H]1CN2C(=O)Cc1cccc(F)c1. The average molecular weight is 263 g/mol. The van der Waals surface area contributed by atoms with Crippen molar-refractivity contribution in [2.45, 2.75) is 31.4 Å². The number of likely N-dealkylation sites (tertiary alicyclic amines) is 1. The second-order valence-corrected chi connectivity index (χ2v) is 5.51. The lowest BCUT2D eigenvalue weighted by atomic mass is 10.0. The molecular weight excluding hydrogens is 245 g/mol. The molecule has 1 heterocycles. The number of amides is 1. The highest BCUT2D eigenvalue weighted by atomic mass is 19.1. The van der Waals surface area contributed by atoms with Crippen LogP contribution in [0.4, 0.5) is 4.39 Å². The van der Waals surface area contributed by atoms with E-state index in [2.05, 4.69) is 0 Å². The minimum absolute atomic E-state index is 0.104.